The highest BCUT2D eigenvalue weighted by Gasteiger charge is 2.10. The molecule has 21 heavy (non-hydrogen) atoms. The molecule has 2 heterocycles. The Morgan fingerprint density at radius 2 is 2.19 bits per heavy atom. The zero-order valence-corrected chi connectivity index (χ0v) is 13.0. The van der Waals surface area contributed by atoms with Crippen LogP contribution in [-0.4, -0.2) is 14.8 Å². The topological polar surface area (TPSA) is 73.0 Å². The molecule has 0 radical (unpaired) electrons. The van der Waals surface area contributed by atoms with Crippen LogP contribution in [0.3, 0.4) is 0 Å². The van der Waals surface area contributed by atoms with Crippen molar-refractivity contribution in [3.05, 3.63) is 39.4 Å². The van der Waals surface area contributed by atoms with E-state index in [1.165, 1.54) is 4.68 Å². The zero-order valence-electron chi connectivity index (χ0n) is 12.2. The Morgan fingerprint density at radius 3 is 2.86 bits per heavy atom. The van der Waals surface area contributed by atoms with Crippen molar-refractivity contribution >= 4 is 17.3 Å². The largest absolute Gasteiger partial charge is 0.444 e. The summed E-state index contributed by atoms with van der Waals surface area (Å²) in [4.78, 5) is 16.2. The summed E-state index contributed by atoms with van der Waals surface area (Å²) in [7, 11) is 0. The molecule has 2 aromatic rings. The maximum atomic E-state index is 12.0. The van der Waals surface area contributed by atoms with E-state index in [2.05, 4.69) is 22.3 Å². The van der Waals surface area contributed by atoms with E-state index in [1.54, 1.807) is 12.4 Å². The molecule has 2 rings (SSSR count). The lowest BCUT2D eigenvalue weighted by molar-refractivity contribution is 0.465. The van der Waals surface area contributed by atoms with Gasteiger partial charge in [-0.1, -0.05) is 31.9 Å². The van der Waals surface area contributed by atoms with Crippen LogP contribution in [0.15, 0.2) is 21.6 Å². The van der Waals surface area contributed by atoms with Gasteiger partial charge in [0.05, 0.1) is 24.6 Å². The predicted octanol–water partition coefficient (Wildman–Crippen LogP) is 2.86. The molecular weight excluding hydrogens is 292 g/mol. The van der Waals surface area contributed by atoms with E-state index in [4.69, 9.17) is 16.0 Å². The summed E-state index contributed by atoms with van der Waals surface area (Å²) in [6.45, 7) is 4.99. The summed E-state index contributed by atoms with van der Waals surface area (Å²) in [5.74, 6) is 1.38. The number of rotatable bonds is 7. The van der Waals surface area contributed by atoms with Crippen molar-refractivity contribution in [1.82, 2.24) is 14.8 Å². The number of hydrogen-bond acceptors (Lipinski definition) is 5. The van der Waals surface area contributed by atoms with Gasteiger partial charge in [0.15, 0.2) is 0 Å². The molecule has 0 amide bonds. The molecule has 0 fully saturated rings. The van der Waals surface area contributed by atoms with Crippen LogP contribution in [0, 0.1) is 0 Å². The Hall–Kier alpha value is -1.82. The quantitative estimate of drug-likeness (QED) is 0.851. The summed E-state index contributed by atoms with van der Waals surface area (Å²) in [5.41, 5.74) is 0.211. The molecular formula is C14H19ClN4O2. The van der Waals surface area contributed by atoms with E-state index in [0.717, 1.165) is 25.0 Å². The van der Waals surface area contributed by atoms with Crippen molar-refractivity contribution in [2.75, 3.05) is 5.32 Å². The minimum atomic E-state index is -0.281. The number of halogens is 1. The first-order valence-corrected chi connectivity index (χ1v) is 7.46. The summed E-state index contributed by atoms with van der Waals surface area (Å²) in [5, 5.41) is 7.29. The van der Waals surface area contributed by atoms with Crippen LogP contribution in [0.4, 0.5) is 5.69 Å². The van der Waals surface area contributed by atoms with E-state index in [0.29, 0.717) is 24.7 Å². The van der Waals surface area contributed by atoms with Crippen LogP contribution < -0.4 is 10.9 Å². The van der Waals surface area contributed by atoms with Gasteiger partial charge in [0.1, 0.15) is 10.8 Å². The van der Waals surface area contributed by atoms with Gasteiger partial charge in [-0.25, -0.2) is 9.67 Å². The van der Waals surface area contributed by atoms with Gasteiger partial charge >= 0.3 is 0 Å². The molecule has 0 saturated carbocycles. The average Bonchev–Trinajstić information content (AvgIpc) is 2.96. The number of oxazole rings is 1. The standard InChI is InChI=1S/C14H19ClN4O2/c1-3-5-6-19-14(20)13(15)11(8-18-19)16-9-12-17-7-10(4-2)21-12/h7-8,16H,3-6,9H2,1-2H3. The second kappa shape index (κ2) is 7.26. The van der Waals surface area contributed by atoms with Gasteiger partial charge in [0.25, 0.3) is 5.56 Å². The molecule has 0 bridgehead atoms. The van der Waals surface area contributed by atoms with Crippen LogP contribution in [-0.2, 0) is 19.5 Å². The highest BCUT2D eigenvalue weighted by molar-refractivity contribution is 6.32. The molecule has 0 unspecified atom stereocenters. The third kappa shape index (κ3) is 3.85. The smallest absolute Gasteiger partial charge is 0.287 e. The monoisotopic (exact) mass is 310 g/mol. The normalized spacial score (nSPS) is 10.8. The Bertz CT molecular complexity index is 651. The minimum absolute atomic E-state index is 0.142. The van der Waals surface area contributed by atoms with Crippen LogP contribution >= 0.6 is 11.6 Å². The van der Waals surface area contributed by atoms with Crippen molar-refractivity contribution in [1.29, 1.82) is 0 Å². The molecule has 114 valence electrons. The SMILES string of the molecule is CCCCn1ncc(NCc2ncc(CC)o2)c(Cl)c1=O. The molecule has 1 N–H and O–H groups in total. The third-order valence-electron chi connectivity index (χ3n) is 3.09. The van der Waals surface area contributed by atoms with Crippen LogP contribution in [0.2, 0.25) is 5.02 Å². The Labute approximate surface area is 128 Å². The molecule has 0 spiro atoms. The maximum Gasteiger partial charge on any atom is 0.287 e. The van der Waals surface area contributed by atoms with Crippen molar-refractivity contribution in [2.45, 2.75) is 46.2 Å². The first kappa shape index (κ1) is 15.6. The summed E-state index contributed by atoms with van der Waals surface area (Å²) in [6, 6.07) is 0. The van der Waals surface area contributed by atoms with Gasteiger partial charge in [-0.05, 0) is 6.42 Å². The lowest BCUT2D eigenvalue weighted by Gasteiger charge is -2.08. The number of nitrogens with one attached hydrogen (secondary N) is 1. The number of aromatic nitrogens is 3. The second-order valence-electron chi connectivity index (χ2n) is 4.68. The predicted molar refractivity (Wildman–Crippen MR) is 81.6 cm³/mol. The molecule has 0 aliphatic carbocycles. The Kier molecular flexibility index (Phi) is 5.38. The van der Waals surface area contributed by atoms with Gasteiger partial charge in [-0.2, -0.15) is 5.10 Å². The van der Waals surface area contributed by atoms with Crippen molar-refractivity contribution < 1.29 is 4.42 Å². The van der Waals surface area contributed by atoms with Crippen LogP contribution in [0.5, 0.6) is 0 Å². The van der Waals surface area contributed by atoms with Gasteiger partial charge < -0.3 is 9.73 Å². The number of hydrogen-bond donors (Lipinski definition) is 1. The van der Waals surface area contributed by atoms with Crippen molar-refractivity contribution in [3.8, 4) is 0 Å². The number of aryl methyl sites for hydroxylation is 2. The third-order valence-corrected chi connectivity index (χ3v) is 3.45. The molecule has 0 atom stereocenters. The number of anilines is 1. The zero-order chi connectivity index (χ0) is 15.2. The van der Waals surface area contributed by atoms with Crippen molar-refractivity contribution in [2.24, 2.45) is 0 Å². The highest BCUT2D eigenvalue weighted by atomic mass is 35.5. The lowest BCUT2D eigenvalue weighted by Crippen LogP contribution is -2.24. The summed E-state index contributed by atoms with van der Waals surface area (Å²) < 4.78 is 6.87. The first-order valence-electron chi connectivity index (χ1n) is 7.08. The number of nitrogens with zero attached hydrogens (tertiary/aromatic N) is 3. The Balaban J connectivity index is 2.06. The molecule has 0 aliphatic heterocycles. The fraction of sp³-hybridized carbons (Fsp3) is 0.500. The van der Waals surface area contributed by atoms with Crippen molar-refractivity contribution in [3.63, 3.8) is 0 Å². The van der Waals surface area contributed by atoms with Gasteiger partial charge in [0.2, 0.25) is 5.89 Å². The van der Waals surface area contributed by atoms with Gasteiger partial charge in [-0.15, -0.1) is 0 Å². The minimum Gasteiger partial charge on any atom is -0.444 e. The lowest BCUT2D eigenvalue weighted by atomic mass is 10.3. The first-order chi connectivity index (χ1) is 10.2. The van der Waals surface area contributed by atoms with E-state index in [9.17, 15) is 4.79 Å². The molecule has 0 saturated heterocycles. The van der Waals surface area contributed by atoms with Gasteiger partial charge in [-0.3, -0.25) is 4.79 Å². The molecule has 0 aromatic carbocycles. The summed E-state index contributed by atoms with van der Waals surface area (Å²) in [6.07, 6.45) is 5.94. The van der Waals surface area contributed by atoms with E-state index >= 15 is 0 Å². The fourth-order valence-electron chi connectivity index (χ4n) is 1.82. The summed E-state index contributed by atoms with van der Waals surface area (Å²) >= 11 is 6.09. The van der Waals surface area contributed by atoms with E-state index < -0.39 is 0 Å². The van der Waals surface area contributed by atoms with Crippen LogP contribution in [0.25, 0.3) is 0 Å². The van der Waals surface area contributed by atoms with Gasteiger partial charge in [0, 0.05) is 13.0 Å². The molecule has 2 aromatic heterocycles. The Morgan fingerprint density at radius 1 is 1.38 bits per heavy atom. The van der Waals surface area contributed by atoms with Crippen LogP contribution in [0.1, 0.15) is 38.3 Å². The second-order valence-corrected chi connectivity index (χ2v) is 5.06. The van der Waals surface area contributed by atoms with E-state index in [1.807, 2.05) is 6.92 Å². The highest BCUT2D eigenvalue weighted by Crippen LogP contribution is 2.16. The van der Waals surface area contributed by atoms with E-state index in [-0.39, 0.29) is 10.6 Å². The maximum absolute atomic E-state index is 12.0. The molecule has 6 nitrogen and oxygen atoms in total. The number of unbranched alkanes of at least 4 members (excludes halogenated alkanes) is 1. The molecule has 0 aliphatic rings. The fourth-order valence-corrected chi connectivity index (χ4v) is 2.03. The average molecular weight is 311 g/mol. The molecule has 7 heteroatoms.